The van der Waals surface area contributed by atoms with Gasteiger partial charge in [-0.1, -0.05) is 0 Å². The van der Waals surface area contributed by atoms with Gasteiger partial charge in [-0.05, 0) is 12.1 Å². The van der Waals surface area contributed by atoms with Crippen molar-refractivity contribution in [3.05, 3.63) is 28.3 Å². The quantitative estimate of drug-likeness (QED) is 0.361. The van der Waals surface area contributed by atoms with Crippen LogP contribution in [-0.4, -0.2) is 51.4 Å². The molecule has 0 aromatic heterocycles. The molecule has 0 unspecified atom stereocenters. The highest BCUT2D eigenvalue weighted by molar-refractivity contribution is 5.69. The first-order chi connectivity index (χ1) is 9.72. The molecule has 1 aromatic carbocycles. The standard InChI is InChI=1S/C13H20N4O3.ClH/c1-20-9-6-15-12-10-11(2-3-13(12)17(18)19)16-7-4-14-5-8-16;/h2-3,10,14-15H,4-9H2,1H3;1H/p-1. The molecule has 0 atom stereocenters. The average Bonchev–Trinajstić information content (AvgIpc) is 2.48. The van der Waals surface area contributed by atoms with Gasteiger partial charge in [0.05, 0.1) is 11.5 Å². The van der Waals surface area contributed by atoms with Gasteiger partial charge in [-0.2, -0.15) is 0 Å². The highest BCUT2D eigenvalue weighted by atomic mass is 35.5. The number of nitro benzene ring substituents is 1. The first-order valence-electron chi connectivity index (χ1n) is 6.69. The van der Waals surface area contributed by atoms with Crippen molar-refractivity contribution in [1.82, 2.24) is 5.32 Å². The zero-order valence-electron chi connectivity index (χ0n) is 12.0. The maximum atomic E-state index is 11.1. The summed E-state index contributed by atoms with van der Waals surface area (Å²) in [5.41, 5.74) is 1.65. The molecule has 1 aliphatic rings. The zero-order valence-corrected chi connectivity index (χ0v) is 12.7. The Bertz CT molecular complexity index is 467. The van der Waals surface area contributed by atoms with Crippen molar-refractivity contribution >= 4 is 17.1 Å². The van der Waals surface area contributed by atoms with Crippen LogP contribution in [0, 0.1) is 10.1 Å². The van der Waals surface area contributed by atoms with E-state index in [1.165, 1.54) is 0 Å². The molecule has 1 heterocycles. The SMILES string of the molecule is COCCNc1cc(N2CCNCC2)ccc1[N+](=O)[O-].[Cl-]. The van der Waals surface area contributed by atoms with Gasteiger partial charge in [-0.15, -0.1) is 0 Å². The highest BCUT2D eigenvalue weighted by Gasteiger charge is 2.17. The van der Waals surface area contributed by atoms with Gasteiger partial charge in [0.2, 0.25) is 0 Å². The zero-order chi connectivity index (χ0) is 14.4. The Labute approximate surface area is 130 Å². The molecule has 0 aliphatic carbocycles. The normalized spacial score (nSPS) is 14.4. The summed E-state index contributed by atoms with van der Waals surface area (Å²) in [6.07, 6.45) is 0. The van der Waals surface area contributed by atoms with Crippen LogP contribution in [0.3, 0.4) is 0 Å². The van der Waals surface area contributed by atoms with Crippen LogP contribution in [0.4, 0.5) is 17.1 Å². The molecule has 1 fully saturated rings. The summed E-state index contributed by atoms with van der Waals surface area (Å²) in [6.45, 7) is 4.74. The van der Waals surface area contributed by atoms with Gasteiger partial charge < -0.3 is 32.7 Å². The summed E-state index contributed by atoms with van der Waals surface area (Å²) in [6, 6.07) is 5.22. The molecule has 1 aliphatic heterocycles. The van der Waals surface area contributed by atoms with Gasteiger partial charge in [0.15, 0.2) is 0 Å². The van der Waals surface area contributed by atoms with Crippen molar-refractivity contribution in [3.8, 4) is 0 Å². The van der Waals surface area contributed by atoms with Gasteiger partial charge in [0.1, 0.15) is 5.69 Å². The predicted molar refractivity (Wildman–Crippen MR) is 78.5 cm³/mol. The van der Waals surface area contributed by atoms with E-state index >= 15 is 0 Å². The number of piperazine rings is 1. The second kappa shape index (κ2) is 8.66. The molecule has 0 bridgehead atoms. The van der Waals surface area contributed by atoms with Crippen molar-refractivity contribution in [2.75, 3.05) is 56.7 Å². The molecule has 2 N–H and O–H groups in total. The van der Waals surface area contributed by atoms with Gasteiger partial charge in [-0.25, -0.2) is 0 Å². The summed E-state index contributed by atoms with van der Waals surface area (Å²) in [5, 5.41) is 17.4. The summed E-state index contributed by atoms with van der Waals surface area (Å²) < 4.78 is 4.96. The van der Waals surface area contributed by atoms with Crippen molar-refractivity contribution in [2.24, 2.45) is 0 Å². The largest absolute Gasteiger partial charge is 1.00 e. The first-order valence-corrected chi connectivity index (χ1v) is 6.69. The number of ether oxygens (including phenoxy) is 1. The van der Waals surface area contributed by atoms with Crippen LogP contribution >= 0.6 is 0 Å². The number of rotatable bonds is 6. The van der Waals surface area contributed by atoms with Crippen LogP contribution in [0.5, 0.6) is 0 Å². The summed E-state index contributed by atoms with van der Waals surface area (Å²) in [7, 11) is 1.60. The van der Waals surface area contributed by atoms with Crippen molar-refractivity contribution in [1.29, 1.82) is 0 Å². The van der Waals surface area contributed by atoms with E-state index in [1.54, 1.807) is 13.2 Å². The molecule has 21 heavy (non-hydrogen) atoms. The van der Waals surface area contributed by atoms with E-state index in [4.69, 9.17) is 4.74 Å². The fourth-order valence-electron chi connectivity index (χ4n) is 2.23. The molecular formula is C13H20ClN4O3-. The minimum atomic E-state index is -0.364. The maximum absolute atomic E-state index is 11.1. The van der Waals surface area contributed by atoms with Gasteiger partial charge in [-0.3, -0.25) is 10.1 Å². The van der Waals surface area contributed by atoms with Crippen LogP contribution in [0.2, 0.25) is 0 Å². The van der Waals surface area contributed by atoms with Crippen LogP contribution in [0.25, 0.3) is 0 Å². The first kappa shape index (κ1) is 17.5. The molecule has 1 aromatic rings. The monoisotopic (exact) mass is 315 g/mol. The van der Waals surface area contributed by atoms with Gasteiger partial charge in [0, 0.05) is 51.6 Å². The number of nitrogens with one attached hydrogen (secondary N) is 2. The minimum absolute atomic E-state index is 0. The Hall–Kier alpha value is -1.57. The lowest BCUT2D eigenvalue weighted by Gasteiger charge is -2.29. The van der Waals surface area contributed by atoms with E-state index in [-0.39, 0.29) is 23.0 Å². The number of nitrogens with zero attached hydrogens (tertiary/aromatic N) is 2. The topological polar surface area (TPSA) is 79.7 Å². The second-order valence-electron chi connectivity index (χ2n) is 4.62. The van der Waals surface area contributed by atoms with Crippen LogP contribution in [0.1, 0.15) is 0 Å². The fraction of sp³-hybridized carbons (Fsp3) is 0.538. The molecule has 0 radical (unpaired) electrons. The molecule has 0 amide bonds. The Balaban J connectivity index is 0.00000220. The number of methoxy groups -OCH3 is 1. The third kappa shape index (κ3) is 4.73. The van der Waals surface area contributed by atoms with Gasteiger partial charge >= 0.3 is 0 Å². The minimum Gasteiger partial charge on any atom is -1.00 e. The number of anilines is 2. The molecule has 8 heteroatoms. The molecule has 7 nitrogen and oxygen atoms in total. The van der Waals surface area contributed by atoms with E-state index in [0.29, 0.717) is 18.8 Å². The summed E-state index contributed by atoms with van der Waals surface area (Å²) in [4.78, 5) is 12.9. The van der Waals surface area contributed by atoms with E-state index in [2.05, 4.69) is 15.5 Å². The fourth-order valence-corrected chi connectivity index (χ4v) is 2.23. The Morgan fingerprint density at radius 1 is 1.43 bits per heavy atom. The lowest BCUT2D eigenvalue weighted by atomic mass is 10.2. The summed E-state index contributed by atoms with van der Waals surface area (Å²) >= 11 is 0. The average molecular weight is 316 g/mol. The highest BCUT2D eigenvalue weighted by Crippen LogP contribution is 2.29. The Morgan fingerprint density at radius 3 is 2.76 bits per heavy atom. The van der Waals surface area contributed by atoms with Crippen LogP contribution in [-0.2, 0) is 4.74 Å². The van der Waals surface area contributed by atoms with Crippen LogP contribution < -0.4 is 27.9 Å². The number of hydrogen-bond donors (Lipinski definition) is 2. The lowest BCUT2D eigenvalue weighted by molar-refractivity contribution is -0.383. The molecular weight excluding hydrogens is 296 g/mol. The predicted octanol–water partition coefficient (Wildman–Crippen LogP) is -1.93. The maximum Gasteiger partial charge on any atom is 0.292 e. The summed E-state index contributed by atoms with van der Waals surface area (Å²) in [5.74, 6) is 0. The van der Waals surface area contributed by atoms with Crippen molar-refractivity contribution in [3.63, 3.8) is 0 Å². The van der Waals surface area contributed by atoms with E-state index in [1.807, 2.05) is 12.1 Å². The molecule has 2 rings (SSSR count). The lowest BCUT2D eigenvalue weighted by Crippen LogP contribution is -3.00. The second-order valence-corrected chi connectivity index (χ2v) is 4.62. The van der Waals surface area contributed by atoms with E-state index in [0.717, 1.165) is 31.9 Å². The van der Waals surface area contributed by atoms with Crippen LogP contribution in [0.15, 0.2) is 18.2 Å². The van der Waals surface area contributed by atoms with Crippen molar-refractivity contribution < 1.29 is 22.1 Å². The molecule has 0 spiro atoms. The Morgan fingerprint density at radius 2 is 2.14 bits per heavy atom. The molecule has 1 saturated heterocycles. The number of benzene rings is 1. The number of nitro groups is 1. The van der Waals surface area contributed by atoms with Crippen molar-refractivity contribution in [2.45, 2.75) is 0 Å². The van der Waals surface area contributed by atoms with E-state index < -0.39 is 0 Å². The third-order valence-corrected chi connectivity index (χ3v) is 3.28. The number of hydrogen-bond acceptors (Lipinski definition) is 6. The number of halogens is 1. The molecule has 118 valence electrons. The van der Waals surface area contributed by atoms with Gasteiger partial charge in [0.25, 0.3) is 5.69 Å². The van der Waals surface area contributed by atoms with E-state index in [9.17, 15) is 10.1 Å². The Kier molecular flexibility index (Phi) is 7.21. The third-order valence-electron chi connectivity index (χ3n) is 3.28. The smallest absolute Gasteiger partial charge is 0.292 e. The molecule has 0 saturated carbocycles.